The van der Waals surface area contributed by atoms with E-state index < -0.39 is 0 Å². The Hall–Kier alpha value is -2.44. The highest BCUT2D eigenvalue weighted by Crippen LogP contribution is 2.40. The molecule has 0 radical (unpaired) electrons. The summed E-state index contributed by atoms with van der Waals surface area (Å²) in [6, 6.07) is 10.0. The molecule has 0 N–H and O–H groups in total. The second-order valence-corrected chi connectivity index (χ2v) is 7.13. The van der Waals surface area contributed by atoms with Gasteiger partial charge in [-0.05, 0) is 36.4 Å². The Morgan fingerprint density at radius 2 is 1.41 bits per heavy atom. The third-order valence-corrected chi connectivity index (χ3v) is 5.15. The SMILES string of the molecule is O=C(c1ccc(Cl)cc1)N1CCN(C(=O)c2cc(Cl)c3c(c2)OCO3)CC1. The van der Waals surface area contributed by atoms with Crippen molar-refractivity contribution in [3.63, 3.8) is 0 Å². The van der Waals surface area contributed by atoms with Crippen molar-refractivity contribution in [2.24, 2.45) is 0 Å². The highest BCUT2D eigenvalue weighted by atomic mass is 35.5. The fraction of sp³-hybridized carbons (Fsp3) is 0.263. The second-order valence-electron chi connectivity index (χ2n) is 6.28. The van der Waals surface area contributed by atoms with Crippen LogP contribution in [0.2, 0.25) is 10.0 Å². The van der Waals surface area contributed by atoms with E-state index in [4.69, 9.17) is 32.7 Å². The van der Waals surface area contributed by atoms with Crippen LogP contribution < -0.4 is 9.47 Å². The molecule has 8 heteroatoms. The zero-order valence-corrected chi connectivity index (χ0v) is 15.8. The Kier molecular flexibility index (Phi) is 4.85. The highest BCUT2D eigenvalue weighted by Gasteiger charge is 2.27. The lowest BCUT2D eigenvalue weighted by Gasteiger charge is -2.35. The van der Waals surface area contributed by atoms with Crippen LogP contribution >= 0.6 is 23.2 Å². The van der Waals surface area contributed by atoms with Gasteiger partial charge in [0.1, 0.15) is 0 Å². The van der Waals surface area contributed by atoms with Gasteiger partial charge in [0.15, 0.2) is 11.5 Å². The number of hydrogen-bond acceptors (Lipinski definition) is 4. The second kappa shape index (κ2) is 7.29. The first-order valence-electron chi connectivity index (χ1n) is 8.46. The number of halogens is 2. The average Bonchev–Trinajstić information content (AvgIpc) is 3.17. The monoisotopic (exact) mass is 406 g/mol. The van der Waals surface area contributed by atoms with Crippen molar-refractivity contribution in [2.75, 3.05) is 33.0 Å². The number of carbonyl (C=O) groups excluding carboxylic acids is 2. The normalized spacial score (nSPS) is 15.8. The van der Waals surface area contributed by atoms with Gasteiger partial charge in [-0.1, -0.05) is 23.2 Å². The molecule has 2 aromatic carbocycles. The Morgan fingerprint density at radius 1 is 0.815 bits per heavy atom. The van der Waals surface area contributed by atoms with E-state index in [1.54, 1.807) is 46.2 Å². The molecular formula is C19H16Cl2N2O4. The summed E-state index contributed by atoms with van der Waals surface area (Å²) >= 11 is 12.0. The van der Waals surface area contributed by atoms with Gasteiger partial charge in [0.05, 0.1) is 5.02 Å². The smallest absolute Gasteiger partial charge is 0.254 e. The number of benzene rings is 2. The quantitative estimate of drug-likeness (QED) is 0.767. The van der Waals surface area contributed by atoms with Gasteiger partial charge in [0.2, 0.25) is 6.79 Å². The molecule has 4 rings (SSSR count). The van der Waals surface area contributed by atoms with E-state index in [-0.39, 0.29) is 18.6 Å². The van der Waals surface area contributed by atoms with Crippen molar-refractivity contribution < 1.29 is 19.1 Å². The molecule has 2 aliphatic rings. The summed E-state index contributed by atoms with van der Waals surface area (Å²) in [7, 11) is 0. The number of amides is 2. The van der Waals surface area contributed by atoms with Crippen molar-refractivity contribution in [1.29, 1.82) is 0 Å². The first kappa shape index (κ1) is 17.9. The van der Waals surface area contributed by atoms with E-state index in [0.717, 1.165) is 0 Å². The number of nitrogens with zero attached hydrogens (tertiary/aromatic N) is 2. The predicted molar refractivity (Wildman–Crippen MR) is 101 cm³/mol. The summed E-state index contributed by atoms with van der Waals surface area (Å²) < 4.78 is 10.6. The minimum atomic E-state index is -0.145. The minimum absolute atomic E-state index is 0.0649. The summed E-state index contributed by atoms with van der Waals surface area (Å²) in [4.78, 5) is 28.8. The lowest BCUT2D eigenvalue weighted by Crippen LogP contribution is -2.50. The molecule has 0 atom stereocenters. The molecule has 1 fully saturated rings. The molecule has 2 aliphatic heterocycles. The van der Waals surface area contributed by atoms with Crippen molar-refractivity contribution >= 4 is 35.0 Å². The molecule has 0 aromatic heterocycles. The highest BCUT2D eigenvalue weighted by molar-refractivity contribution is 6.32. The number of fused-ring (bicyclic) bond motifs is 1. The summed E-state index contributed by atoms with van der Waals surface area (Å²) in [6.07, 6.45) is 0. The van der Waals surface area contributed by atoms with Crippen LogP contribution in [0.1, 0.15) is 20.7 Å². The number of rotatable bonds is 2. The zero-order valence-electron chi connectivity index (χ0n) is 14.3. The molecule has 2 amide bonds. The van der Waals surface area contributed by atoms with E-state index in [2.05, 4.69) is 0 Å². The largest absolute Gasteiger partial charge is 0.454 e. The molecule has 6 nitrogen and oxygen atoms in total. The Morgan fingerprint density at radius 3 is 2.04 bits per heavy atom. The summed E-state index contributed by atoms with van der Waals surface area (Å²) in [5, 5.41) is 0.939. The average molecular weight is 407 g/mol. The molecule has 0 bridgehead atoms. The van der Waals surface area contributed by atoms with E-state index in [0.29, 0.717) is 58.9 Å². The third-order valence-electron chi connectivity index (χ3n) is 4.62. The van der Waals surface area contributed by atoms with Crippen LogP contribution in [0, 0.1) is 0 Å². The maximum Gasteiger partial charge on any atom is 0.254 e. The number of hydrogen-bond donors (Lipinski definition) is 0. The lowest BCUT2D eigenvalue weighted by molar-refractivity contribution is 0.0535. The van der Waals surface area contributed by atoms with Gasteiger partial charge in [-0.3, -0.25) is 9.59 Å². The molecule has 0 aliphatic carbocycles. The van der Waals surface area contributed by atoms with E-state index in [9.17, 15) is 9.59 Å². The molecule has 0 unspecified atom stereocenters. The Labute approximate surface area is 166 Å². The van der Waals surface area contributed by atoms with Gasteiger partial charge < -0.3 is 19.3 Å². The van der Waals surface area contributed by atoms with Gasteiger partial charge in [0.25, 0.3) is 11.8 Å². The standard InChI is InChI=1S/C19H16Cl2N2O4/c20-14-3-1-12(2-4-14)18(24)22-5-7-23(8-6-22)19(25)13-9-15(21)17-16(10-13)26-11-27-17/h1-4,9-10H,5-8,11H2. The van der Waals surface area contributed by atoms with E-state index in [1.807, 2.05) is 0 Å². The Bertz CT molecular complexity index is 893. The van der Waals surface area contributed by atoms with Crippen LogP contribution in [0.15, 0.2) is 36.4 Å². The molecule has 2 heterocycles. The fourth-order valence-corrected chi connectivity index (χ4v) is 3.55. The van der Waals surface area contributed by atoms with Crippen LogP contribution in [0.3, 0.4) is 0 Å². The van der Waals surface area contributed by atoms with E-state index >= 15 is 0 Å². The molecule has 0 spiro atoms. The minimum Gasteiger partial charge on any atom is -0.454 e. The fourth-order valence-electron chi connectivity index (χ4n) is 3.16. The first-order chi connectivity index (χ1) is 13.0. The first-order valence-corrected chi connectivity index (χ1v) is 9.22. The van der Waals surface area contributed by atoms with Crippen LogP contribution in [-0.2, 0) is 0 Å². The molecule has 2 aromatic rings. The van der Waals surface area contributed by atoms with Gasteiger partial charge in [0, 0.05) is 42.3 Å². The number of carbonyl (C=O) groups is 2. The van der Waals surface area contributed by atoms with Crippen molar-refractivity contribution in [3.05, 3.63) is 57.6 Å². The van der Waals surface area contributed by atoms with Gasteiger partial charge >= 0.3 is 0 Å². The molecule has 0 saturated carbocycles. The molecule has 1 saturated heterocycles. The third kappa shape index (κ3) is 3.55. The van der Waals surface area contributed by atoms with Crippen molar-refractivity contribution in [2.45, 2.75) is 0 Å². The van der Waals surface area contributed by atoms with Crippen LogP contribution in [0.4, 0.5) is 0 Å². The van der Waals surface area contributed by atoms with Crippen molar-refractivity contribution in [3.8, 4) is 11.5 Å². The number of piperazine rings is 1. The van der Waals surface area contributed by atoms with E-state index in [1.165, 1.54) is 0 Å². The summed E-state index contributed by atoms with van der Waals surface area (Å²) in [5.74, 6) is 0.729. The van der Waals surface area contributed by atoms with Crippen molar-refractivity contribution in [1.82, 2.24) is 9.80 Å². The van der Waals surface area contributed by atoms with Crippen LogP contribution in [0.25, 0.3) is 0 Å². The zero-order chi connectivity index (χ0) is 19.0. The molecule has 27 heavy (non-hydrogen) atoms. The molecular weight excluding hydrogens is 391 g/mol. The van der Waals surface area contributed by atoms with Gasteiger partial charge in [-0.25, -0.2) is 0 Å². The number of ether oxygens (including phenoxy) is 2. The van der Waals surface area contributed by atoms with Gasteiger partial charge in [-0.2, -0.15) is 0 Å². The topological polar surface area (TPSA) is 59.1 Å². The summed E-state index contributed by atoms with van der Waals surface area (Å²) in [5.41, 5.74) is 1.03. The van der Waals surface area contributed by atoms with Crippen LogP contribution in [0.5, 0.6) is 11.5 Å². The lowest BCUT2D eigenvalue weighted by atomic mass is 10.1. The van der Waals surface area contributed by atoms with Gasteiger partial charge in [-0.15, -0.1) is 0 Å². The maximum absolute atomic E-state index is 12.8. The maximum atomic E-state index is 12.8. The van der Waals surface area contributed by atoms with Crippen LogP contribution in [-0.4, -0.2) is 54.6 Å². The predicted octanol–water partition coefficient (Wildman–Crippen LogP) is 3.32. The summed E-state index contributed by atoms with van der Waals surface area (Å²) in [6.45, 7) is 1.92. The Balaban J connectivity index is 1.42. The molecule has 140 valence electrons.